The molecule has 0 aliphatic heterocycles. The van der Waals surface area contributed by atoms with Crippen molar-refractivity contribution in [2.45, 2.75) is 71.1 Å². The van der Waals surface area contributed by atoms with Gasteiger partial charge in [0.05, 0.1) is 6.61 Å². The van der Waals surface area contributed by atoms with Crippen LogP contribution in [-0.2, 0) is 28.0 Å². The summed E-state index contributed by atoms with van der Waals surface area (Å²) in [5.41, 5.74) is 0. The first-order chi connectivity index (χ1) is 11.8. The predicted molar refractivity (Wildman–Crippen MR) is 95.6 cm³/mol. The fraction of sp³-hybridized carbons (Fsp3) is 1.00. The van der Waals surface area contributed by atoms with Crippen molar-refractivity contribution in [3.05, 3.63) is 0 Å². The molecule has 0 spiro atoms. The molecule has 0 bridgehead atoms. The third-order valence-electron chi connectivity index (χ3n) is 2.94. The van der Waals surface area contributed by atoms with Gasteiger partial charge in [-0.15, -0.1) is 0 Å². The van der Waals surface area contributed by atoms with Crippen LogP contribution in [0.1, 0.15) is 72.6 Å². The van der Waals surface area contributed by atoms with Gasteiger partial charge >= 0.3 is 55.6 Å². The second-order valence-electron chi connectivity index (χ2n) is 5.49. The average Bonchev–Trinajstić information content (AvgIpc) is 2.40. The number of unbranched alkanes of at least 4 members (excludes halogenated alkanes) is 9. The molecule has 15 heteroatoms. The number of phosphoric acid groups is 2. The Morgan fingerprint density at radius 3 is 1.37 bits per heavy atom. The van der Waals surface area contributed by atoms with Gasteiger partial charge in [0.25, 0.3) is 0 Å². The van der Waals surface area contributed by atoms with Crippen LogP contribution in [0.2, 0.25) is 0 Å². The molecule has 5 N–H and O–H groups in total. The molecule has 0 heterocycles. The molecule has 0 rings (SSSR count). The summed E-state index contributed by atoms with van der Waals surface area (Å²) in [4.78, 5) is 31.0. The van der Waals surface area contributed by atoms with Gasteiger partial charge in [-0.2, -0.15) is 12.7 Å². The van der Waals surface area contributed by atoms with Crippen molar-refractivity contribution >= 4 is 26.0 Å². The maximum atomic E-state index is 10.2. The van der Waals surface area contributed by atoms with Crippen molar-refractivity contribution in [2.75, 3.05) is 6.61 Å². The molecule has 0 saturated carbocycles. The summed E-state index contributed by atoms with van der Waals surface area (Å²) in [5.74, 6) is 0. The normalized spacial score (nSPS) is 12.1. The molecule has 0 aromatic carbocycles. The van der Waals surface area contributed by atoms with Gasteiger partial charge in [-0.1, -0.05) is 64.7 Å². The molecule has 0 unspecified atom stereocenters. The van der Waals surface area contributed by atoms with E-state index in [0.29, 0.717) is 6.42 Å². The number of hydrogen-bond acceptors (Lipinski definition) is 6. The van der Waals surface area contributed by atoms with E-state index in [1.807, 2.05) is 0 Å². The maximum Gasteiger partial charge on any atom is 1.00 e. The van der Waals surface area contributed by atoms with Crippen LogP contribution in [0.5, 0.6) is 0 Å². The molecule has 0 radical (unpaired) electrons. The summed E-state index contributed by atoms with van der Waals surface area (Å²) in [7, 11) is -14.3. The van der Waals surface area contributed by atoms with Crippen LogP contribution in [0.25, 0.3) is 0 Å². The van der Waals surface area contributed by atoms with Crippen LogP contribution in [0, 0.1) is 0 Å². The van der Waals surface area contributed by atoms with Crippen molar-refractivity contribution in [1.82, 2.24) is 0 Å². The predicted octanol–water partition coefficient (Wildman–Crippen LogP) is 0.0316. The topological polar surface area (TPSA) is 188 Å². The average molecular weight is 468 g/mol. The molecule has 11 nitrogen and oxygen atoms in total. The summed E-state index contributed by atoms with van der Waals surface area (Å²) in [6, 6.07) is 0. The van der Waals surface area contributed by atoms with Crippen molar-refractivity contribution in [3.63, 3.8) is 0 Å². The Kier molecular flexibility index (Phi) is 21.8. The molecular formula is C12H31NaO11P2S. The quantitative estimate of drug-likeness (QED) is 0.100. The van der Waals surface area contributed by atoms with Crippen molar-refractivity contribution in [1.29, 1.82) is 0 Å². The van der Waals surface area contributed by atoms with Crippen LogP contribution in [0.3, 0.4) is 0 Å². The molecule has 0 aromatic heterocycles. The molecule has 0 saturated heterocycles. The van der Waals surface area contributed by atoms with Crippen LogP contribution in [0.15, 0.2) is 0 Å². The summed E-state index contributed by atoms with van der Waals surface area (Å²) in [6.07, 6.45) is 11.9. The van der Waals surface area contributed by atoms with E-state index in [1.165, 1.54) is 44.9 Å². The molecule has 0 atom stereocenters. The van der Waals surface area contributed by atoms with Gasteiger partial charge in [0, 0.05) is 0 Å². The van der Waals surface area contributed by atoms with E-state index in [9.17, 15) is 17.5 Å². The second-order valence-corrected chi connectivity index (χ2v) is 9.20. The van der Waals surface area contributed by atoms with Crippen LogP contribution in [-0.4, -0.2) is 39.2 Å². The SMILES string of the molecule is CCCCCCCCCCCCOS(=O)(=O)O.O=P(O)(O)OP(=O)(O)O.[H-].[Na+]. The first-order valence-electron chi connectivity index (χ1n) is 8.21. The summed E-state index contributed by atoms with van der Waals surface area (Å²) < 4.78 is 55.2. The minimum atomic E-state index is -5.05. The monoisotopic (exact) mass is 468 g/mol. The third kappa shape index (κ3) is 38.4. The zero-order valence-corrected chi connectivity index (χ0v) is 20.4. The minimum Gasteiger partial charge on any atom is -1.00 e. The van der Waals surface area contributed by atoms with E-state index >= 15 is 0 Å². The van der Waals surface area contributed by atoms with Crippen molar-refractivity contribution in [3.8, 4) is 0 Å². The molecule has 0 aliphatic carbocycles. The van der Waals surface area contributed by atoms with Gasteiger partial charge in [-0.05, 0) is 6.42 Å². The molecular weight excluding hydrogens is 437 g/mol. The molecule has 0 aliphatic rings. The molecule has 0 fully saturated rings. The van der Waals surface area contributed by atoms with Gasteiger partial charge < -0.3 is 21.0 Å². The molecule has 27 heavy (non-hydrogen) atoms. The fourth-order valence-electron chi connectivity index (χ4n) is 1.89. The fourth-order valence-corrected chi connectivity index (χ4v) is 3.33. The van der Waals surface area contributed by atoms with Crippen LogP contribution in [0.4, 0.5) is 0 Å². The van der Waals surface area contributed by atoms with Gasteiger partial charge in [-0.25, -0.2) is 13.3 Å². The Morgan fingerprint density at radius 1 is 0.778 bits per heavy atom. The van der Waals surface area contributed by atoms with E-state index in [-0.39, 0.29) is 37.6 Å². The van der Waals surface area contributed by atoms with Crippen LogP contribution >= 0.6 is 15.6 Å². The Balaban J connectivity index is -0.000000225. The molecule has 162 valence electrons. The summed E-state index contributed by atoms with van der Waals surface area (Å²) in [5, 5.41) is 0. The summed E-state index contributed by atoms with van der Waals surface area (Å²) in [6.45, 7) is 2.31. The number of hydrogen-bond donors (Lipinski definition) is 5. The Hall–Kier alpha value is 1.13. The van der Waals surface area contributed by atoms with Gasteiger partial charge in [0.15, 0.2) is 0 Å². The van der Waals surface area contributed by atoms with E-state index in [1.54, 1.807) is 0 Å². The van der Waals surface area contributed by atoms with E-state index in [2.05, 4.69) is 15.4 Å². The van der Waals surface area contributed by atoms with E-state index < -0.39 is 26.0 Å². The van der Waals surface area contributed by atoms with E-state index in [0.717, 1.165) is 12.8 Å². The zero-order valence-electron chi connectivity index (χ0n) is 16.8. The number of rotatable bonds is 14. The minimum absolute atomic E-state index is 0. The molecule has 0 amide bonds. The smallest absolute Gasteiger partial charge is 1.00 e. The van der Waals surface area contributed by atoms with Crippen molar-refractivity contribution in [2.24, 2.45) is 0 Å². The standard InChI is InChI=1S/C12H26O4S.Na.H4O7P2.H/c1-2-3-4-5-6-7-8-9-10-11-12-16-17(13,14)15;;1-8(2,3)7-9(4,5)6;/h2-12H2,1H3,(H,13,14,15);;(H2,1,2,3)(H2,4,5,6);/q;+1;;-1. The third-order valence-corrected chi connectivity index (χ3v) is 5.11. The first-order valence-corrected chi connectivity index (χ1v) is 12.6. The second kappa shape index (κ2) is 17.9. The maximum absolute atomic E-state index is 10.2. The largest absolute Gasteiger partial charge is 1.00 e. The van der Waals surface area contributed by atoms with E-state index in [4.69, 9.17) is 24.1 Å². The van der Waals surface area contributed by atoms with Gasteiger partial charge in [-0.3, -0.25) is 4.55 Å². The Labute approximate surface area is 184 Å². The van der Waals surface area contributed by atoms with Crippen LogP contribution < -0.4 is 29.6 Å². The summed E-state index contributed by atoms with van der Waals surface area (Å²) >= 11 is 0. The van der Waals surface area contributed by atoms with Crippen molar-refractivity contribution < 1.29 is 81.2 Å². The Morgan fingerprint density at radius 2 is 1.11 bits per heavy atom. The zero-order chi connectivity index (χ0) is 20.7. The Bertz CT molecular complexity index is 518. The van der Waals surface area contributed by atoms with Gasteiger partial charge in [0.1, 0.15) is 0 Å². The molecule has 0 aromatic rings. The van der Waals surface area contributed by atoms with Gasteiger partial charge in [0.2, 0.25) is 0 Å². The first kappa shape index (κ1) is 32.8.